The molecule has 2 saturated heterocycles. The van der Waals surface area contributed by atoms with Gasteiger partial charge in [0.1, 0.15) is 50.9 Å². The van der Waals surface area contributed by atoms with Gasteiger partial charge >= 0.3 is 0 Å². The molecule has 149 heavy (non-hydrogen) atoms. The zero-order valence-electron chi connectivity index (χ0n) is 86.7. The number of para-hydroxylation sites is 4. The zero-order chi connectivity index (χ0) is 106. The Morgan fingerprint density at radius 3 is 2.07 bits per heavy atom. The maximum absolute atomic E-state index is 13.2. The lowest BCUT2D eigenvalue weighted by molar-refractivity contribution is -0.132. The van der Waals surface area contributed by atoms with Gasteiger partial charge in [0, 0.05) is 145 Å². The number of amides is 4. The average Bonchev–Trinajstić information content (AvgIpc) is 1.68. The highest BCUT2D eigenvalue weighted by molar-refractivity contribution is 7.89. The van der Waals surface area contributed by atoms with Gasteiger partial charge < -0.3 is 69.0 Å². The average molecular weight is 2060 g/mol. The van der Waals surface area contributed by atoms with Crippen molar-refractivity contribution in [1.82, 2.24) is 109 Å². The van der Waals surface area contributed by atoms with Crippen LogP contribution in [0.2, 0.25) is 0 Å². The van der Waals surface area contributed by atoms with Gasteiger partial charge in [-0.05, 0) is 215 Å². The van der Waals surface area contributed by atoms with Gasteiger partial charge in [0.2, 0.25) is 27.8 Å². The third-order valence-corrected chi connectivity index (χ3v) is 28.0. The van der Waals surface area contributed by atoms with E-state index in [9.17, 15) is 41.6 Å². The summed E-state index contributed by atoms with van der Waals surface area (Å²) in [6.45, 7) is 33.0. The van der Waals surface area contributed by atoms with Crippen LogP contribution in [0.15, 0.2) is 189 Å². The number of aromatic amines is 1. The number of imidazole rings is 1. The number of ketones is 1. The van der Waals surface area contributed by atoms with Crippen LogP contribution >= 0.6 is 0 Å². The first-order valence-electron chi connectivity index (χ1n) is 49.7. The van der Waals surface area contributed by atoms with Gasteiger partial charge in [-0.25, -0.2) is 32.3 Å². The number of aliphatic hydroxyl groups excluding tert-OH is 1. The number of nitrogen functional groups attached to an aromatic ring is 1. The number of anilines is 1. The van der Waals surface area contributed by atoms with E-state index in [1.54, 1.807) is 80.6 Å². The number of rotatable bonds is 33. The number of aromatic nitrogens is 16. The second kappa shape index (κ2) is 50.7. The molecule has 15 aromatic rings. The molecule has 3 aliphatic heterocycles. The molecule has 7 N–H and O–H groups in total. The number of sulfonamides is 1. The quantitative estimate of drug-likeness (QED) is 0.0164. The molecule has 0 radical (unpaired) electrons. The van der Waals surface area contributed by atoms with Gasteiger partial charge in [0.15, 0.2) is 41.1 Å². The normalized spacial score (nSPS) is 13.7. The second-order valence-corrected chi connectivity index (χ2v) is 39.4. The highest BCUT2D eigenvalue weighted by Crippen LogP contribution is 2.37. The Hall–Kier alpha value is -15.6. The van der Waals surface area contributed by atoms with E-state index in [0.29, 0.717) is 182 Å². The topological polar surface area (TPSA) is 470 Å². The van der Waals surface area contributed by atoms with E-state index in [-0.39, 0.29) is 102 Å². The lowest BCUT2D eigenvalue weighted by Gasteiger charge is -2.34. The first-order valence-corrected chi connectivity index (χ1v) is 51.2. The summed E-state index contributed by atoms with van der Waals surface area (Å²) in [5, 5.41) is 43.1. The summed E-state index contributed by atoms with van der Waals surface area (Å²) in [6.07, 6.45) is 10.4. The number of halogens is 1. The van der Waals surface area contributed by atoms with Gasteiger partial charge in [-0.3, -0.25) is 52.7 Å². The number of fused-ring (bicyclic) bond motifs is 3. The largest absolute Gasteiger partial charge is 0.493 e. The molecule has 0 spiro atoms. The number of piperidine rings is 1. The minimum Gasteiger partial charge on any atom is -0.493 e. The summed E-state index contributed by atoms with van der Waals surface area (Å²) in [6, 6.07) is 43.9. The maximum atomic E-state index is 13.2. The third kappa shape index (κ3) is 28.6. The Morgan fingerprint density at radius 1 is 0.691 bits per heavy atom. The lowest BCUT2D eigenvalue weighted by Crippen LogP contribution is -2.49. The number of carbonyl (C=O) groups is 5. The van der Waals surface area contributed by atoms with E-state index in [4.69, 9.17) is 43.6 Å². The lowest BCUT2D eigenvalue weighted by atomic mass is 9.95. The number of nitrogens with one attached hydrogen (secondary N) is 4. The molecule has 0 saturated carbocycles. The van der Waals surface area contributed by atoms with Crippen LogP contribution in [0.1, 0.15) is 164 Å². The minimum absolute atomic E-state index is 0.0198. The summed E-state index contributed by atoms with van der Waals surface area (Å²) in [5.41, 5.74) is 20.2. The summed E-state index contributed by atoms with van der Waals surface area (Å²) in [5.74, 6) is 5.35. The summed E-state index contributed by atoms with van der Waals surface area (Å²) in [4.78, 5) is 99.8. The molecule has 0 unspecified atom stereocenters. The Balaban J connectivity index is 0.000000147. The van der Waals surface area contributed by atoms with Crippen molar-refractivity contribution in [2.75, 3.05) is 91.1 Å². The molecular weight excluding hydrogens is 1930 g/mol. The molecule has 12 heterocycles. The van der Waals surface area contributed by atoms with E-state index in [1.165, 1.54) is 40.0 Å². The maximum Gasteiger partial charge on any atom is 0.261 e. The van der Waals surface area contributed by atoms with Gasteiger partial charge in [0.05, 0.1) is 97.1 Å². The fourth-order valence-electron chi connectivity index (χ4n) is 17.5. The third-order valence-electron chi connectivity index (χ3n) is 26.0. The highest BCUT2D eigenvalue weighted by atomic mass is 32.2. The van der Waals surface area contributed by atoms with Crippen LogP contribution in [0.5, 0.6) is 34.5 Å². The number of piperazine rings is 1. The molecule has 0 bridgehead atoms. The van der Waals surface area contributed by atoms with E-state index < -0.39 is 10.0 Å². The van der Waals surface area contributed by atoms with Crippen molar-refractivity contribution < 1.29 is 74.6 Å². The van der Waals surface area contributed by atoms with Crippen LogP contribution in [0.3, 0.4) is 0 Å². The van der Waals surface area contributed by atoms with Crippen LogP contribution in [-0.2, 0) is 77.3 Å². The van der Waals surface area contributed by atoms with E-state index in [0.717, 1.165) is 94.7 Å². The van der Waals surface area contributed by atoms with Crippen LogP contribution in [0.4, 0.5) is 10.3 Å². The van der Waals surface area contributed by atoms with Crippen LogP contribution in [0, 0.1) is 86.9 Å². The molecule has 0 aliphatic carbocycles. The number of hydrogen-bond acceptors (Lipinski definition) is 28. The molecule has 3 aliphatic rings. The van der Waals surface area contributed by atoms with E-state index in [1.807, 2.05) is 164 Å². The van der Waals surface area contributed by atoms with Crippen molar-refractivity contribution in [3.63, 3.8) is 0 Å². The van der Waals surface area contributed by atoms with Crippen molar-refractivity contribution in [3.8, 4) is 46.0 Å². The summed E-state index contributed by atoms with van der Waals surface area (Å²) < 4.78 is 88.8. The molecule has 39 nitrogen and oxygen atoms in total. The van der Waals surface area contributed by atoms with E-state index >= 15 is 0 Å². The molecule has 786 valence electrons. The molecule has 2 atom stereocenters. The van der Waals surface area contributed by atoms with Gasteiger partial charge in [-0.2, -0.15) is 29.7 Å². The SMILES string of the molecule is CC(C)[C@@H](NC(=O)c1cnn2cc(CCO)cnc12)c1ccc2c(c1)OCCCO2.Cc1cc(C)n(C[C@H](C)NC(=O)C2CCN(S(=O)(=O)c3cnn(C)c3C)CC2)n1.Cc1cc(C)n(Cc2c(C(=O)Cc3ccccc3Oc3ccc(F)cc3)noc2C)n1.Cc1cccc(OCCCN2CCN(C(=O)Cc3c(C)nc(N)[nH]c3=O)CC2)c1C.Cc1noc(-c2ccccc2OCC(=O)NCCc2nc3ccccc3n2C)n1. The molecule has 4 amide bonds. The Morgan fingerprint density at radius 2 is 1.39 bits per heavy atom. The minimum atomic E-state index is -3.58. The predicted octanol–water partition coefficient (Wildman–Crippen LogP) is 13.0. The summed E-state index contributed by atoms with van der Waals surface area (Å²) in [7, 11) is 0.118. The van der Waals surface area contributed by atoms with Crippen molar-refractivity contribution >= 4 is 62.1 Å². The molecule has 9 aromatic heterocycles. The fourth-order valence-corrected chi connectivity index (χ4v) is 19.2. The number of benzene rings is 6. The monoisotopic (exact) mass is 2060 g/mol. The first-order chi connectivity index (χ1) is 71.5. The number of nitrogens with zero attached hydrogens (tertiary/aromatic N) is 18. The predicted molar refractivity (Wildman–Crippen MR) is 557 cm³/mol. The number of H-pyrrole nitrogens is 1. The second-order valence-electron chi connectivity index (χ2n) is 37.5. The fraction of sp³-hybridized carbons (Fsp3) is 0.389. The number of carbonyl (C=O) groups excluding carboxylic acids is 5. The smallest absolute Gasteiger partial charge is 0.261 e. The highest BCUT2D eigenvalue weighted by Gasteiger charge is 2.36. The molecular formula is C108H130FN23O16S. The van der Waals surface area contributed by atoms with Gasteiger partial charge in [0.25, 0.3) is 23.3 Å². The van der Waals surface area contributed by atoms with Gasteiger partial charge in [-0.1, -0.05) is 84.8 Å². The molecule has 18 rings (SSSR count). The zero-order valence-corrected chi connectivity index (χ0v) is 87.5. The number of aryl methyl sites for hydroxylation is 10. The first kappa shape index (κ1) is 109. The molecule has 6 aromatic carbocycles. The number of Topliss-reactive ketones (excluding diaryl/α,β-unsaturated/α-hetero) is 1. The molecule has 41 heteroatoms. The van der Waals surface area contributed by atoms with Crippen molar-refractivity contribution in [2.45, 2.75) is 171 Å². The Kier molecular flexibility index (Phi) is 37.1. The number of nitrogens with two attached hydrogens (primary N) is 1. The van der Waals surface area contributed by atoms with E-state index in [2.05, 4.69) is 110 Å². The van der Waals surface area contributed by atoms with Crippen LogP contribution in [0.25, 0.3) is 28.1 Å². The van der Waals surface area contributed by atoms with Crippen molar-refractivity contribution in [1.29, 1.82) is 0 Å². The number of aliphatic hydroxyl groups is 1. The molecule has 2 fully saturated rings. The van der Waals surface area contributed by atoms with Crippen molar-refractivity contribution in [2.24, 2.45) is 25.9 Å². The van der Waals surface area contributed by atoms with Gasteiger partial charge in [-0.15, -0.1) is 0 Å². The van der Waals surface area contributed by atoms with Crippen molar-refractivity contribution in [3.05, 3.63) is 288 Å². The Bertz CT molecular complexity index is 7350. The summed E-state index contributed by atoms with van der Waals surface area (Å²) >= 11 is 0. The number of ether oxygens (including phenoxy) is 5. The Labute approximate surface area is 863 Å². The standard InChI is InChI=1S/C24H22FN3O3.C22H31N5O3.C22H26N4O4.C21H21N5O3.C19H30N6O3S/c1-15-12-16(2)28(26-15)14-21-17(3)31-27-24(21)22(29)13-18-6-4-5-7-23(18)30-20-10-8-19(25)9-11-20;1-15-6-4-7-19(16(15)2)30-13-5-8-26-9-11-27(12-10-26)20(28)14-18-17(3)24-22(23)25-21(18)29;1-14(2)20(16-4-5-18-19(10-16)30-9-3-8-29-18)25-22(28)17-12-24-26-13-15(6-7-27)11-23-21(17)26;1-14-23-21(29-25-14)15-7-3-6-10-18(15)28-13-20(27)22-12-11-19-24-16-8-4-5-9-17(16)26(19)2;1-13-10-15(3)25(22-13)12-14(2)21-19(26)17-6-8-24(9-7-17)29(27,28)18-11-20-23(5)16(18)4/h4-12H,13-14H2,1-3H3;4,6-7H,5,8-14H2,1-3H3,(H3,23,24,25,29);4-5,10-14,20,27H,3,6-9H2,1-2H3,(H,25,28);3-10H,11-13H2,1-2H3,(H,22,27);10-11,14,17H,6-9,12H2,1-5H3,(H,21,26)/t;;20-;;14-/m..1.0/s1. The van der Waals surface area contributed by atoms with Crippen LogP contribution < -0.4 is 50.9 Å². The number of hydrogen-bond donors (Lipinski definition) is 6. The van der Waals surface area contributed by atoms with Crippen LogP contribution in [-0.4, -0.2) is 227 Å².